The van der Waals surface area contributed by atoms with Crippen LogP contribution in [0.2, 0.25) is 0 Å². The summed E-state index contributed by atoms with van der Waals surface area (Å²) in [4.78, 5) is 0.291. The molecule has 18 heavy (non-hydrogen) atoms. The molecule has 0 aliphatic heterocycles. The average Bonchev–Trinajstić information content (AvgIpc) is 2.27. The number of hydrogen-bond donors (Lipinski definition) is 1. The van der Waals surface area contributed by atoms with Crippen LogP contribution in [0.3, 0.4) is 0 Å². The Kier molecular flexibility index (Phi) is 4.17. The molecule has 1 aliphatic rings. The second-order valence-corrected chi connectivity index (χ2v) is 6.99. The maximum atomic E-state index is 13.7. The fraction of sp³-hybridized carbons (Fsp3) is 0.571. The zero-order chi connectivity index (χ0) is 13.3. The smallest absolute Gasteiger partial charge is 0.139 e. The molecule has 5 atom stereocenters. The highest BCUT2D eigenvalue weighted by molar-refractivity contribution is 7.85. The van der Waals surface area contributed by atoms with Gasteiger partial charge in [0.2, 0.25) is 0 Å². The Morgan fingerprint density at radius 3 is 2.56 bits per heavy atom. The minimum absolute atomic E-state index is 0.107. The van der Waals surface area contributed by atoms with E-state index in [-0.39, 0.29) is 17.2 Å². The molecule has 1 aromatic carbocycles. The van der Waals surface area contributed by atoms with Gasteiger partial charge in [0.1, 0.15) is 5.82 Å². The lowest BCUT2D eigenvalue weighted by molar-refractivity contribution is 0.275. The predicted octanol–water partition coefficient (Wildman–Crippen LogP) is 2.70. The molecule has 2 rings (SSSR count). The Hall–Kier alpha value is -0.740. The van der Waals surface area contributed by atoms with Crippen LogP contribution < -0.4 is 5.73 Å². The highest BCUT2D eigenvalue weighted by Gasteiger charge is 2.37. The first-order valence-electron chi connectivity index (χ1n) is 6.41. The van der Waals surface area contributed by atoms with Crippen molar-refractivity contribution in [3.8, 4) is 0 Å². The van der Waals surface area contributed by atoms with Crippen molar-refractivity contribution in [2.75, 3.05) is 0 Å². The van der Waals surface area contributed by atoms with E-state index in [0.29, 0.717) is 10.8 Å². The monoisotopic (exact) mass is 269 g/mol. The van der Waals surface area contributed by atoms with E-state index in [1.54, 1.807) is 18.2 Å². The van der Waals surface area contributed by atoms with Gasteiger partial charge in [-0.3, -0.25) is 4.21 Å². The van der Waals surface area contributed by atoms with Crippen molar-refractivity contribution in [1.82, 2.24) is 0 Å². The number of hydrogen-bond acceptors (Lipinski definition) is 2. The van der Waals surface area contributed by atoms with Crippen molar-refractivity contribution in [3.05, 3.63) is 30.1 Å². The largest absolute Gasteiger partial charge is 0.327 e. The molecule has 1 saturated carbocycles. The summed E-state index contributed by atoms with van der Waals surface area (Å²) in [7, 11) is -1.36. The molecule has 2 nitrogen and oxygen atoms in total. The summed E-state index contributed by atoms with van der Waals surface area (Å²) in [6.45, 7) is 4.23. The van der Waals surface area contributed by atoms with Crippen LogP contribution in [0.15, 0.2) is 29.2 Å². The summed E-state index contributed by atoms with van der Waals surface area (Å²) >= 11 is 0. The van der Waals surface area contributed by atoms with Gasteiger partial charge in [-0.25, -0.2) is 4.39 Å². The zero-order valence-corrected chi connectivity index (χ0v) is 11.6. The van der Waals surface area contributed by atoms with Gasteiger partial charge in [-0.2, -0.15) is 0 Å². The molecule has 2 N–H and O–H groups in total. The van der Waals surface area contributed by atoms with E-state index in [1.807, 2.05) is 0 Å². The van der Waals surface area contributed by atoms with Crippen molar-refractivity contribution in [3.63, 3.8) is 0 Å². The minimum atomic E-state index is -1.36. The van der Waals surface area contributed by atoms with Crippen LogP contribution in [0, 0.1) is 17.7 Å². The first kappa shape index (κ1) is 13.7. The predicted molar refractivity (Wildman–Crippen MR) is 72.1 cm³/mol. The van der Waals surface area contributed by atoms with Crippen LogP contribution in [0.5, 0.6) is 0 Å². The van der Waals surface area contributed by atoms with E-state index >= 15 is 0 Å². The summed E-state index contributed by atoms with van der Waals surface area (Å²) in [5, 5.41) is -0.141. The molecule has 0 radical (unpaired) electrons. The van der Waals surface area contributed by atoms with E-state index in [1.165, 1.54) is 6.07 Å². The minimum Gasteiger partial charge on any atom is -0.327 e. The summed E-state index contributed by atoms with van der Waals surface area (Å²) in [5.74, 6) is 0.432. The highest BCUT2D eigenvalue weighted by Crippen LogP contribution is 2.33. The van der Waals surface area contributed by atoms with Crippen LogP contribution in [0.1, 0.15) is 26.7 Å². The summed E-state index contributed by atoms with van der Waals surface area (Å²) in [5.41, 5.74) is 6.13. The van der Waals surface area contributed by atoms with Crippen molar-refractivity contribution < 1.29 is 8.60 Å². The third-order valence-corrected chi connectivity index (χ3v) is 5.81. The molecule has 1 aromatic rings. The van der Waals surface area contributed by atoms with E-state index in [0.717, 1.165) is 12.8 Å². The Balaban J connectivity index is 2.26. The topological polar surface area (TPSA) is 43.1 Å². The molecule has 0 saturated heterocycles. The molecule has 0 spiro atoms. The third kappa shape index (κ3) is 2.64. The number of rotatable bonds is 2. The second kappa shape index (κ2) is 5.49. The Morgan fingerprint density at radius 2 is 1.94 bits per heavy atom. The lowest BCUT2D eigenvalue weighted by Crippen LogP contribution is -2.47. The van der Waals surface area contributed by atoms with Gasteiger partial charge in [-0.1, -0.05) is 26.0 Å². The molecule has 100 valence electrons. The molecular formula is C14H20FNOS. The molecule has 0 bridgehead atoms. The Morgan fingerprint density at radius 1 is 1.28 bits per heavy atom. The Bertz CT molecular complexity index is 439. The summed E-state index contributed by atoms with van der Waals surface area (Å²) in [6, 6.07) is 6.18. The summed E-state index contributed by atoms with van der Waals surface area (Å²) in [6.07, 6.45) is 1.88. The van der Waals surface area contributed by atoms with Crippen LogP contribution in [-0.4, -0.2) is 15.5 Å². The first-order chi connectivity index (χ1) is 8.50. The van der Waals surface area contributed by atoms with E-state index in [4.69, 9.17) is 5.73 Å². The molecule has 5 unspecified atom stereocenters. The van der Waals surface area contributed by atoms with Gasteiger partial charge in [0.05, 0.1) is 20.9 Å². The maximum Gasteiger partial charge on any atom is 0.139 e. The zero-order valence-electron chi connectivity index (χ0n) is 10.8. The average molecular weight is 269 g/mol. The van der Waals surface area contributed by atoms with Gasteiger partial charge in [-0.05, 0) is 36.8 Å². The van der Waals surface area contributed by atoms with Crippen LogP contribution in [0.4, 0.5) is 4.39 Å². The lowest BCUT2D eigenvalue weighted by Gasteiger charge is -2.37. The maximum absolute atomic E-state index is 13.7. The standard InChI is InChI=1S/C14H20FNOS/c1-9-7-10(2)14(12(16)8-9)18(17)13-6-4-3-5-11(13)15/h3-6,9-10,12,14H,7-8,16H2,1-2H3. The second-order valence-electron chi connectivity index (χ2n) is 5.41. The number of halogens is 1. The van der Waals surface area contributed by atoms with E-state index in [2.05, 4.69) is 13.8 Å². The fourth-order valence-electron chi connectivity index (χ4n) is 3.01. The molecule has 4 heteroatoms. The van der Waals surface area contributed by atoms with Crippen LogP contribution >= 0.6 is 0 Å². The van der Waals surface area contributed by atoms with Gasteiger partial charge in [-0.15, -0.1) is 0 Å². The van der Waals surface area contributed by atoms with Gasteiger partial charge in [0, 0.05) is 6.04 Å². The summed E-state index contributed by atoms with van der Waals surface area (Å²) < 4.78 is 26.2. The van der Waals surface area contributed by atoms with Crippen molar-refractivity contribution in [2.45, 2.75) is 42.9 Å². The SMILES string of the molecule is CC1CC(C)C(S(=O)c2ccccc2F)C(N)C1. The van der Waals surface area contributed by atoms with Crippen LogP contribution in [0.25, 0.3) is 0 Å². The third-order valence-electron chi connectivity index (χ3n) is 3.73. The van der Waals surface area contributed by atoms with E-state index < -0.39 is 16.6 Å². The first-order valence-corrected chi connectivity index (χ1v) is 7.62. The van der Waals surface area contributed by atoms with Gasteiger partial charge < -0.3 is 5.73 Å². The molecule has 0 heterocycles. The van der Waals surface area contributed by atoms with Crippen LogP contribution in [-0.2, 0) is 10.8 Å². The lowest BCUT2D eigenvalue weighted by atomic mass is 9.80. The molecule has 1 fully saturated rings. The Labute approximate surface area is 110 Å². The van der Waals surface area contributed by atoms with Crippen molar-refractivity contribution >= 4 is 10.8 Å². The molecule has 1 aliphatic carbocycles. The molecule has 0 amide bonds. The number of nitrogens with two attached hydrogens (primary N) is 1. The fourth-order valence-corrected chi connectivity index (χ4v) is 4.74. The quantitative estimate of drug-likeness (QED) is 0.897. The van der Waals surface area contributed by atoms with Gasteiger partial charge in [0.15, 0.2) is 0 Å². The normalized spacial score (nSPS) is 34.2. The number of benzene rings is 1. The van der Waals surface area contributed by atoms with Gasteiger partial charge >= 0.3 is 0 Å². The van der Waals surface area contributed by atoms with Gasteiger partial charge in [0.25, 0.3) is 0 Å². The molecule has 0 aromatic heterocycles. The van der Waals surface area contributed by atoms with Crippen molar-refractivity contribution in [2.24, 2.45) is 17.6 Å². The van der Waals surface area contributed by atoms with Crippen molar-refractivity contribution in [1.29, 1.82) is 0 Å². The highest BCUT2D eigenvalue weighted by atomic mass is 32.2. The van der Waals surface area contributed by atoms with E-state index in [9.17, 15) is 8.60 Å². The molecular weight excluding hydrogens is 249 g/mol.